The van der Waals surface area contributed by atoms with Crippen LogP contribution in [0.5, 0.6) is 0 Å². The quantitative estimate of drug-likeness (QED) is 0.823. The van der Waals surface area contributed by atoms with Crippen LogP contribution < -0.4 is 5.73 Å². The number of aromatic nitrogens is 1. The Balaban J connectivity index is 3.31. The van der Waals surface area contributed by atoms with Gasteiger partial charge in [0.1, 0.15) is 5.82 Å². The van der Waals surface area contributed by atoms with Crippen LogP contribution in [0.15, 0.2) is 6.07 Å². The molecule has 0 saturated heterocycles. The minimum absolute atomic E-state index is 0.00551. The molecule has 1 heterocycles. The SMILES string of the molecule is Nc1cc(C(F)F)c(CBr)c(CO)n1. The van der Waals surface area contributed by atoms with E-state index in [-0.39, 0.29) is 22.4 Å². The highest BCUT2D eigenvalue weighted by Crippen LogP contribution is 2.28. The Labute approximate surface area is 88.1 Å². The van der Waals surface area contributed by atoms with Crippen LogP contribution in [0.2, 0.25) is 0 Å². The molecular formula is C8H9BrF2N2O. The average Bonchev–Trinajstić information content (AvgIpc) is 2.16. The molecule has 3 N–H and O–H groups in total. The smallest absolute Gasteiger partial charge is 0.264 e. The van der Waals surface area contributed by atoms with Crippen molar-refractivity contribution in [1.29, 1.82) is 0 Å². The van der Waals surface area contributed by atoms with Crippen LogP contribution in [-0.4, -0.2) is 10.1 Å². The van der Waals surface area contributed by atoms with Crippen molar-refractivity contribution >= 4 is 21.7 Å². The van der Waals surface area contributed by atoms with Crippen LogP contribution in [0.25, 0.3) is 0 Å². The lowest BCUT2D eigenvalue weighted by Crippen LogP contribution is -2.05. The fourth-order valence-corrected chi connectivity index (χ4v) is 1.80. The number of halogens is 3. The van der Waals surface area contributed by atoms with Gasteiger partial charge in [-0.1, -0.05) is 15.9 Å². The van der Waals surface area contributed by atoms with E-state index in [4.69, 9.17) is 10.8 Å². The van der Waals surface area contributed by atoms with Gasteiger partial charge in [0.05, 0.1) is 12.3 Å². The van der Waals surface area contributed by atoms with Crippen molar-refractivity contribution in [3.8, 4) is 0 Å². The number of anilines is 1. The summed E-state index contributed by atoms with van der Waals surface area (Å²) in [5, 5.41) is 9.11. The summed E-state index contributed by atoms with van der Waals surface area (Å²) in [7, 11) is 0. The van der Waals surface area contributed by atoms with Gasteiger partial charge in [-0.25, -0.2) is 13.8 Å². The minimum Gasteiger partial charge on any atom is -0.390 e. The van der Waals surface area contributed by atoms with E-state index in [1.165, 1.54) is 0 Å². The summed E-state index contributed by atoms with van der Waals surface area (Å²) >= 11 is 3.07. The Hall–Kier alpha value is -0.750. The van der Waals surface area contributed by atoms with Gasteiger partial charge in [0.25, 0.3) is 6.43 Å². The lowest BCUT2D eigenvalue weighted by molar-refractivity contribution is 0.150. The van der Waals surface area contributed by atoms with Crippen molar-refractivity contribution in [1.82, 2.24) is 4.98 Å². The van der Waals surface area contributed by atoms with Gasteiger partial charge in [-0.2, -0.15) is 0 Å². The third-order valence-corrected chi connectivity index (χ3v) is 2.34. The van der Waals surface area contributed by atoms with Crippen LogP contribution >= 0.6 is 15.9 Å². The van der Waals surface area contributed by atoms with Crippen molar-refractivity contribution in [3.05, 3.63) is 22.9 Å². The molecule has 0 unspecified atom stereocenters. The number of alkyl halides is 3. The van der Waals surface area contributed by atoms with Crippen LogP contribution in [0.4, 0.5) is 14.6 Å². The summed E-state index contributed by atoms with van der Waals surface area (Å²) in [6.45, 7) is -0.397. The molecule has 0 aliphatic heterocycles. The van der Waals surface area contributed by atoms with E-state index in [9.17, 15) is 8.78 Å². The summed E-state index contributed by atoms with van der Waals surface area (Å²) in [5.41, 5.74) is 5.64. The van der Waals surface area contributed by atoms with E-state index in [1.54, 1.807) is 0 Å². The van der Waals surface area contributed by atoms with Gasteiger partial charge in [-0.05, 0) is 11.6 Å². The summed E-state index contributed by atoms with van der Waals surface area (Å²) in [6.07, 6.45) is -2.61. The zero-order valence-electron chi connectivity index (χ0n) is 7.17. The number of nitrogens with two attached hydrogens (primary N) is 1. The summed E-state index contributed by atoms with van der Waals surface area (Å²) in [6, 6.07) is 1.13. The summed E-state index contributed by atoms with van der Waals surface area (Å²) in [5.74, 6) is -0.00551. The highest BCUT2D eigenvalue weighted by Gasteiger charge is 2.17. The molecule has 0 aromatic carbocycles. The third-order valence-electron chi connectivity index (χ3n) is 1.78. The lowest BCUT2D eigenvalue weighted by Gasteiger charge is -2.10. The Kier molecular flexibility index (Phi) is 3.77. The van der Waals surface area contributed by atoms with Crippen molar-refractivity contribution in [2.24, 2.45) is 0 Å². The molecule has 0 atom stereocenters. The Morgan fingerprint density at radius 2 is 2.21 bits per heavy atom. The van der Waals surface area contributed by atoms with Crippen LogP contribution in [0.1, 0.15) is 23.2 Å². The first-order valence-electron chi connectivity index (χ1n) is 3.83. The van der Waals surface area contributed by atoms with Crippen molar-refractivity contribution in [2.45, 2.75) is 18.4 Å². The highest BCUT2D eigenvalue weighted by molar-refractivity contribution is 9.08. The maximum absolute atomic E-state index is 12.5. The second kappa shape index (κ2) is 4.65. The third kappa shape index (κ3) is 2.19. The molecule has 0 aliphatic rings. The number of pyridine rings is 1. The first-order valence-corrected chi connectivity index (χ1v) is 4.95. The largest absolute Gasteiger partial charge is 0.390 e. The Bertz CT molecular complexity index is 333. The van der Waals surface area contributed by atoms with Gasteiger partial charge >= 0.3 is 0 Å². The number of rotatable bonds is 3. The molecule has 1 aromatic rings. The normalized spacial score (nSPS) is 10.9. The molecule has 0 fully saturated rings. The molecule has 1 aromatic heterocycles. The van der Waals surface area contributed by atoms with E-state index < -0.39 is 13.0 Å². The first-order chi connectivity index (χ1) is 6.60. The maximum Gasteiger partial charge on any atom is 0.264 e. The van der Waals surface area contributed by atoms with E-state index in [1.807, 2.05) is 0 Å². The van der Waals surface area contributed by atoms with Crippen LogP contribution in [-0.2, 0) is 11.9 Å². The zero-order valence-corrected chi connectivity index (χ0v) is 8.76. The predicted molar refractivity (Wildman–Crippen MR) is 52.2 cm³/mol. The first kappa shape index (κ1) is 11.3. The summed E-state index contributed by atoms with van der Waals surface area (Å²) in [4.78, 5) is 3.77. The average molecular weight is 267 g/mol. The topological polar surface area (TPSA) is 59.1 Å². The van der Waals surface area contributed by atoms with Gasteiger partial charge in [0.15, 0.2) is 0 Å². The van der Waals surface area contributed by atoms with Crippen LogP contribution in [0.3, 0.4) is 0 Å². The fourth-order valence-electron chi connectivity index (χ4n) is 1.15. The Morgan fingerprint density at radius 1 is 1.57 bits per heavy atom. The molecule has 0 radical (unpaired) electrons. The predicted octanol–water partition coefficient (Wildman–Crippen LogP) is 1.99. The van der Waals surface area contributed by atoms with Gasteiger partial charge in [-0.3, -0.25) is 0 Å². The van der Waals surface area contributed by atoms with E-state index in [0.29, 0.717) is 5.56 Å². The monoisotopic (exact) mass is 266 g/mol. The second-order valence-corrected chi connectivity index (χ2v) is 3.21. The minimum atomic E-state index is -2.61. The fraction of sp³-hybridized carbons (Fsp3) is 0.375. The van der Waals surface area contributed by atoms with Gasteiger partial charge in [-0.15, -0.1) is 0 Å². The molecule has 1 rings (SSSR count). The number of hydrogen-bond donors (Lipinski definition) is 2. The number of nitrogens with zero attached hydrogens (tertiary/aromatic N) is 1. The van der Waals surface area contributed by atoms with E-state index >= 15 is 0 Å². The standard InChI is InChI=1S/C8H9BrF2N2O/c9-2-5-4(8(10)11)1-7(12)13-6(5)3-14/h1,8,14H,2-3H2,(H2,12,13). The zero-order chi connectivity index (χ0) is 10.7. The number of hydrogen-bond acceptors (Lipinski definition) is 3. The molecule has 0 bridgehead atoms. The number of nitrogen functional groups attached to an aromatic ring is 1. The van der Waals surface area contributed by atoms with E-state index in [0.717, 1.165) is 6.07 Å². The molecule has 3 nitrogen and oxygen atoms in total. The maximum atomic E-state index is 12.5. The molecule has 0 aliphatic carbocycles. The molecule has 14 heavy (non-hydrogen) atoms. The van der Waals surface area contributed by atoms with Gasteiger partial charge < -0.3 is 10.8 Å². The summed E-state index contributed by atoms with van der Waals surface area (Å²) < 4.78 is 25.1. The van der Waals surface area contributed by atoms with Gasteiger partial charge in [0.2, 0.25) is 0 Å². The Morgan fingerprint density at radius 3 is 2.64 bits per heavy atom. The molecule has 6 heteroatoms. The molecule has 78 valence electrons. The van der Waals surface area contributed by atoms with Crippen LogP contribution in [0, 0.1) is 0 Å². The number of aliphatic hydroxyl groups is 1. The molecule has 0 spiro atoms. The van der Waals surface area contributed by atoms with E-state index in [2.05, 4.69) is 20.9 Å². The second-order valence-electron chi connectivity index (χ2n) is 2.65. The lowest BCUT2D eigenvalue weighted by atomic mass is 10.1. The molecular weight excluding hydrogens is 258 g/mol. The van der Waals surface area contributed by atoms with Crippen molar-refractivity contribution < 1.29 is 13.9 Å². The highest BCUT2D eigenvalue weighted by atomic mass is 79.9. The van der Waals surface area contributed by atoms with Crippen molar-refractivity contribution in [2.75, 3.05) is 5.73 Å². The number of aliphatic hydroxyl groups excluding tert-OH is 1. The van der Waals surface area contributed by atoms with Crippen molar-refractivity contribution in [3.63, 3.8) is 0 Å². The molecule has 0 amide bonds. The van der Waals surface area contributed by atoms with Gasteiger partial charge in [0, 0.05) is 10.9 Å². The molecule has 0 saturated carbocycles.